The number of rotatable bonds is 18. The van der Waals surface area contributed by atoms with Crippen molar-refractivity contribution in [3.8, 4) is 23.0 Å². The van der Waals surface area contributed by atoms with E-state index in [0.717, 1.165) is 60.1 Å². The molecular formula is C32H42N8O5. The Morgan fingerprint density at radius 1 is 0.556 bits per heavy atom. The highest BCUT2D eigenvalue weighted by Gasteiger charge is 2.11. The zero-order chi connectivity index (χ0) is 32.0. The summed E-state index contributed by atoms with van der Waals surface area (Å²) in [7, 11) is 3.21. The second kappa shape index (κ2) is 16.9. The predicted molar refractivity (Wildman–Crippen MR) is 171 cm³/mol. The van der Waals surface area contributed by atoms with Gasteiger partial charge in [-0.15, -0.1) is 20.4 Å². The van der Waals surface area contributed by atoms with Crippen LogP contribution < -0.4 is 18.9 Å². The van der Waals surface area contributed by atoms with Crippen molar-refractivity contribution in [3.63, 3.8) is 0 Å². The molecule has 0 N–H and O–H groups in total. The Morgan fingerprint density at radius 3 is 1.27 bits per heavy atom. The largest absolute Gasteiger partial charge is 0.493 e. The molecule has 0 radical (unpaired) electrons. The van der Waals surface area contributed by atoms with Crippen LogP contribution in [-0.2, 0) is 30.4 Å². The predicted octanol–water partition coefficient (Wildman–Crippen LogP) is 4.38. The number of aryl methyl sites for hydroxylation is 4. The molecule has 0 unspecified atom stereocenters. The summed E-state index contributed by atoms with van der Waals surface area (Å²) in [5.74, 6) is 5.73. The van der Waals surface area contributed by atoms with Crippen LogP contribution in [0.15, 0.2) is 46.6 Å². The molecule has 0 aliphatic carbocycles. The van der Waals surface area contributed by atoms with Gasteiger partial charge in [0.2, 0.25) is 0 Å². The van der Waals surface area contributed by atoms with Crippen LogP contribution in [-0.4, -0.2) is 82.8 Å². The van der Waals surface area contributed by atoms with E-state index in [1.54, 1.807) is 36.0 Å². The van der Waals surface area contributed by atoms with Gasteiger partial charge in [-0.1, -0.05) is 27.7 Å². The van der Waals surface area contributed by atoms with Gasteiger partial charge in [-0.2, -0.15) is 10.2 Å². The molecule has 0 bridgehead atoms. The van der Waals surface area contributed by atoms with E-state index < -0.39 is 0 Å². The van der Waals surface area contributed by atoms with Crippen LogP contribution in [0.2, 0.25) is 0 Å². The third-order valence-corrected chi connectivity index (χ3v) is 6.79. The van der Waals surface area contributed by atoms with E-state index in [1.165, 1.54) is 0 Å². The van der Waals surface area contributed by atoms with Crippen molar-refractivity contribution in [1.29, 1.82) is 0 Å². The molecular weight excluding hydrogens is 576 g/mol. The molecule has 0 spiro atoms. The second-order valence-corrected chi connectivity index (χ2v) is 9.72. The lowest BCUT2D eigenvalue weighted by Gasteiger charge is -2.13. The Morgan fingerprint density at radius 2 is 0.933 bits per heavy atom. The molecule has 0 fully saturated rings. The lowest BCUT2D eigenvalue weighted by atomic mass is 10.2. The molecule has 4 aromatic rings. The van der Waals surface area contributed by atoms with Crippen LogP contribution in [0, 0.1) is 0 Å². The molecule has 0 atom stereocenters. The van der Waals surface area contributed by atoms with Gasteiger partial charge >= 0.3 is 0 Å². The van der Waals surface area contributed by atoms with Gasteiger partial charge in [0.25, 0.3) is 0 Å². The van der Waals surface area contributed by atoms with Gasteiger partial charge in [-0.3, -0.25) is 0 Å². The zero-order valence-corrected chi connectivity index (χ0v) is 26.9. The molecule has 240 valence electrons. The highest BCUT2D eigenvalue weighted by atomic mass is 16.6. The van der Waals surface area contributed by atoms with Gasteiger partial charge in [0.05, 0.1) is 39.9 Å². The number of benzene rings is 2. The Kier molecular flexibility index (Phi) is 12.4. The molecule has 0 aliphatic rings. The van der Waals surface area contributed by atoms with Crippen LogP contribution >= 0.6 is 0 Å². The number of hydrogen-bond donors (Lipinski definition) is 0. The summed E-state index contributed by atoms with van der Waals surface area (Å²) in [6.07, 6.45) is 6.51. The summed E-state index contributed by atoms with van der Waals surface area (Å²) in [5, 5.41) is 25.9. The summed E-state index contributed by atoms with van der Waals surface area (Å²) in [6, 6.07) is 11.3. The minimum Gasteiger partial charge on any atom is -0.493 e. The van der Waals surface area contributed by atoms with E-state index in [9.17, 15) is 0 Å². The summed E-state index contributed by atoms with van der Waals surface area (Å²) in [5.41, 5.74) is 1.74. The van der Waals surface area contributed by atoms with Crippen molar-refractivity contribution >= 4 is 12.4 Å². The van der Waals surface area contributed by atoms with E-state index in [2.05, 4.69) is 30.6 Å². The smallest absolute Gasteiger partial charge is 0.161 e. The summed E-state index contributed by atoms with van der Waals surface area (Å²) in [6.45, 7) is 9.60. The topological polar surface area (TPSA) is 132 Å². The molecule has 45 heavy (non-hydrogen) atoms. The van der Waals surface area contributed by atoms with Crippen molar-refractivity contribution in [1.82, 2.24) is 29.7 Å². The van der Waals surface area contributed by atoms with Crippen LogP contribution in [0.5, 0.6) is 23.0 Å². The normalized spacial score (nSPS) is 11.5. The maximum absolute atomic E-state index is 5.90. The Hall–Kier alpha value is -4.78. The standard InChI is InChI=1S/C32H42N8O5/c1-7-29-35-36-30(8-2)39(29)33-21-23-11-13-25(27(19-23)41-5)44-17-15-43-16-18-45-26-14-12-24(20-28(26)42-6)22-34-40-31(9-3)37-38-32(40)10-4/h11-14,19-22H,7-10,15-18H2,1-6H3/b33-21+,34-22+. The van der Waals surface area contributed by atoms with Crippen molar-refractivity contribution < 1.29 is 23.7 Å². The van der Waals surface area contributed by atoms with Gasteiger partial charge in [0.1, 0.15) is 13.2 Å². The molecule has 0 saturated carbocycles. The van der Waals surface area contributed by atoms with E-state index in [1.807, 2.05) is 64.1 Å². The third kappa shape index (κ3) is 8.66. The monoisotopic (exact) mass is 618 g/mol. The molecule has 13 heteroatoms. The van der Waals surface area contributed by atoms with E-state index in [4.69, 9.17) is 23.7 Å². The first-order chi connectivity index (χ1) is 22.0. The van der Waals surface area contributed by atoms with Crippen LogP contribution in [0.4, 0.5) is 0 Å². The zero-order valence-electron chi connectivity index (χ0n) is 26.9. The summed E-state index contributed by atoms with van der Waals surface area (Å²) in [4.78, 5) is 0. The molecule has 4 rings (SSSR count). The summed E-state index contributed by atoms with van der Waals surface area (Å²) >= 11 is 0. The van der Waals surface area contributed by atoms with Crippen molar-refractivity contribution in [2.24, 2.45) is 10.2 Å². The SMILES string of the molecule is CCc1nnc(CC)n1/N=C/c1ccc(OCCOCCOc2ccc(/C=N/n3c(CC)nnc3CC)cc2OC)c(OC)c1. The van der Waals surface area contributed by atoms with Crippen molar-refractivity contribution in [3.05, 3.63) is 70.8 Å². The molecule has 2 aromatic carbocycles. The fourth-order valence-corrected chi connectivity index (χ4v) is 4.39. The first-order valence-electron chi connectivity index (χ1n) is 15.2. The van der Waals surface area contributed by atoms with Gasteiger partial charge in [-0.05, 0) is 47.5 Å². The first kappa shape index (κ1) is 33.1. The third-order valence-electron chi connectivity index (χ3n) is 6.79. The number of aromatic nitrogens is 6. The minimum absolute atomic E-state index is 0.355. The van der Waals surface area contributed by atoms with Crippen molar-refractivity contribution in [2.75, 3.05) is 40.6 Å². The van der Waals surface area contributed by atoms with Gasteiger partial charge < -0.3 is 23.7 Å². The average Bonchev–Trinajstić information content (AvgIpc) is 3.68. The Balaban J connectivity index is 1.22. The second-order valence-electron chi connectivity index (χ2n) is 9.72. The lowest BCUT2D eigenvalue weighted by Crippen LogP contribution is -2.12. The quantitative estimate of drug-likeness (QED) is 0.118. The Labute approximate surface area is 263 Å². The van der Waals surface area contributed by atoms with Crippen LogP contribution in [0.25, 0.3) is 0 Å². The summed E-state index contributed by atoms with van der Waals surface area (Å²) < 4.78 is 32.1. The van der Waals surface area contributed by atoms with Crippen LogP contribution in [0.1, 0.15) is 62.1 Å². The van der Waals surface area contributed by atoms with E-state index in [-0.39, 0.29) is 0 Å². The maximum Gasteiger partial charge on any atom is 0.161 e. The van der Waals surface area contributed by atoms with Gasteiger partial charge in [0.15, 0.2) is 46.3 Å². The number of methoxy groups -OCH3 is 2. The van der Waals surface area contributed by atoms with Gasteiger partial charge in [0, 0.05) is 25.7 Å². The Bertz CT molecular complexity index is 1420. The average molecular weight is 619 g/mol. The fourth-order valence-electron chi connectivity index (χ4n) is 4.39. The number of hydrogen-bond acceptors (Lipinski definition) is 11. The fraction of sp³-hybridized carbons (Fsp3) is 0.438. The molecule has 0 saturated heterocycles. The lowest BCUT2D eigenvalue weighted by molar-refractivity contribution is 0.0750. The van der Waals surface area contributed by atoms with E-state index in [0.29, 0.717) is 49.4 Å². The molecule has 0 aliphatic heterocycles. The maximum atomic E-state index is 5.90. The molecule has 13 nitrogen and oxygen atoms in total. The molecule has 0 amide bonds. The van der Waals surface area contributed by atoms with Gasteiger partial charge in [-0.25, -0.2) is 9.35 Å². The minimum atomic E-state index is 0.355. The highest BCUT2D eigenvalue weighted by molar-refractivity contribution is 5.81. The molecule has 2 aromatic heterocycles. The highest BCUT2D eigenvalue weighted by Crippen LogP contribution is 2.28. The molecule has 2 heterocycles. The van der Waals surface area contributed by atoms with E-state index >= 15 is 0 Å². The van der Waals surface area contributed by atoms with Crippen molar-refractivity contribution in [2.45, 2.75) is 53.4 Å². The first-order valence-corrected chi connectivity index (χ1v) is 15.2. The van der Waals surface area contributed by atoms with Crippen LogP contribution in [0.3, 0.4) is 0 Å². The number of ether oxygens (including phenoxy) is 5. The number of nitrogens with zero attached hydrogens (tertiary/aromatic N) is 8.